The Morgan fingerprint density at radius 3 is 2.88 bits per heavy atom. The molecule has 0 aliphatic carbocycles. The van der Waals surface area contributed by atoms with Crippen molar-refractivity contribution in [2.45, 2.75) is 12.5 Å². The monoisotopic (exact) mass is 380 g/mol. The first-order valence-corrected chi connectivity index (χ1v) is 8.76. The largest absolute Gasteiger partial charge is 0.376 e. The van der Waals surface area contributed by atoms with Gasteiger partial charge in [0.2, 0.25) is 11.7 Å². The lowest BCUT2D eigenvalue weighted by Crippen LogP contribution is -2.45. The number of rotatable bonds is 6. The minimum Gasteiger partial charge on any atom is -0.376 e. The van der Waals surface area contributed by atoms with Gasteiger partial charge in [-0.05, 0) is 24.3 Å². The number of benzene rings is 1. The van der Waals surface area contributed by atoms with Gasteiger partial charge in [0.25, 0.3) is 0 Å². The SMILES string of the molecule is CN(C[C@H]1COCCO1)C(=O)NCCc1nc(-c2ccc(Cl)cc2)no1. The van der Waals surface area contributed by atoms with Gasteiger partial charge in [-0.3, -0.25) is 0 Å². The van der Waals surface area contributed by atoms with Gasteiger partial charge in [0.1, 0.15) is 0 Å². The summed E-state index contributed by atoms with van der Waals surface area (Å²) in [5.74, 6) is 0.955. The second-order valence-corrected chi connectivity index (χ2v) is 6.39. The van der Waals surface area contributed by atoms with Gasteiger partial charge in [-0.25, -0.2) is 4.79 Å². The molecule has 2 heterocycles. The van der Waals surface area contributed by atoms with Gasteiger partial charge in [-0.15, -0.1) is 0 Å². The van der Waals surface area contributed by atoms with Crippen molar-refractivity contribution in [3.8, 4) is 11.4 Å². The molecule has 1 aromatic heterocycles. The van der Waals surface area contributed by atoms with Crippen LogP contribution in [0.25, 0.3) is 11.4 Å². The molecule has 1 fully saturated rings. The predicted molar refractivity (Wildman–Crippen MR) is 95.0 cm³/mol. The van der Waals surface area contributed by atoms with Crippen molar-refractivity contribution >= 4 is 17.6 Å². The lowest BCUT2D eigenvalue weighted by Gasteiger charge is -2.27. The van der Waals surface area contributed by atoms with E-state index in [1.807, 2.05) is 12.1 Å². The summed E-state index contributed by atoms with van der Waals surface area (Å²) in [7, 11) is 1.72. The van der Waals surface area contributed by atoms with Crippen molar-refractivity contribution < 1.29 is 18.8 Å². The number of hydrogen-bond donors (Lipinski definition) is 1. The molecule has 140 valence electrons. The van der Waals surface area contributed by atoms with Crippen LogP contribution in [0.3, 0.4) is 0 Å². The summed E-state index contributed by atoms with van der Waals surface area (Å²) in [5.41, 5.74) is 0.822. The van der Waals surface area contributed by atoms with Crippen molar-refractivity contribution in [1.29, 1.82) is 0 Å². The molecule has 0 unspecified atom stereocenters. The van der Waals surface area contributed by atoms with E-state index < -0.39 is 0 Å². The molecule has 8 nitrogen and oxygen atoms in total. The zero-order chi connectivity index (χ0) is 18.4. The highest BCUT2D eigenvalue weighted by atomic mass is 35.5. The van der Waals surface area contributed by atoms with Crippen LogP contribution in [0, 0.1) is 0 Å². The third-order valence-electron chi connectivity index (χ3n) is 3.89. The normalized spacial score (nSPS) is 17.1. The maximum absolute atomic E-state index is 12.1. The van der Waals surface area contributed by atoms with E-state index in [4.69, 9.17) is 25.6 Å². The van der Waals surface area contributed by atoms with Crippen LogP contribution in [-0.4, -0.2) is 67.1 Å². The summed E-state index contributed by atoms with van der Waals surface area (Å²) in [4.78, 5) is 18.0. The van der Waals surface area contributed by atoms with Gasteiger partial charge in [-0.1, -0.05) is 16.8 Å². The second-order valence-electron chi connectivity index (χ2n) is 5.95. The van der Waals surface area contributed by atoms with Crippen LogP contribution >= 0.6 is 11.6 Å². The first kappa shape index (κ1) is 18.6. The molecule has 0 saturated carbocycles. The standard InChI is InChI=1S/C17H21ClN4O4/c1-22(10-14-11-24-8-9-25-14)17(23)19-7-6-15-20-16(21-26-15)12-2-4-13(18)5-3-12/h2-5,14H,6-11H2,1H3,(H,19,23)/t14-/m0/s1. The van der Waals surface area contributed by atoms with Crippen LogP contribution in [0.1, 0.15) is 5.89 Å². The van der Waals surface area contributed by atoms with E-state index in [9.17, 15) is 4.79 Å². The number of ether oxygens (including phenoxy) is 2. The van der Waals surface area contributed by atoms with E-state index in [-0.39, 0.29) is 12.1 Å². The van der Waals surface area contributed by atoms with E-state index in [1.54, 1.807) is 24.1 Å². The maximum Gasteiger partial charge on any atom is 0.317 e. The highest BCUT2D eigenvalue weighted by molar-refractivity contribution is 6.30. The number of carbonyl (C=O) groups excluding carboxylic acids is 1. The van der Waals surface area contributed by atoms with Crippen molar-refractivity contribution in [1.82, 2.24) is 20.4 Å². The van der Waals surface area contributed by atoms with Gasteiger partial charge in [0, 0.05) is 30.6 Å². The fourth-order valence-corrected chi connectivity index (χ4v) is 2.64. The Morgan fingerprint density at radius 1 is 1.35 bits per heavy atom. The number of hydrogen-bond acceptors (Lipinski definition) is 6. The molecule has 1 aromatic carbocycles. The fraction of sp³-hybridized carbons (Fsp3) is 0.471. The first-order valence-electron chi connectivity index (χ1n) is 8.38. The van der Waals surface area contributed by atoms with Gasteiger partial charge in [0.05, 0.1) is 32.5 Å². The predicted octanol–water partition coefficient (Wildman–Crippen LogP) is 1.99. The molecule has 0 radical (unpaired) electrons. The minimum absolute atomic E-state index is 0.0858. The lowest BCUT2D eigenvalue weighted by molar-refractivity contribution is -0.0928. The Bertz CT molecular complexity index is 716. The zero-order valence-corrected chi connectivity index (χ0v) is 15.2. The highest BCUT2D eigenvalue weighted by Crippen LogP contribution is 2.18. The van der Waals surface area contributed by atoms with E-state index in [0.29, 0.717) is 56.1 Å². The van der Waals surface area contributed by atoms with Crippen molar-refractivity contribution in [2.24, 2.45) is 0 Å². The Balaban J connectivity index is 1.43. The summed E-state index contributed by atoms with van der Waals surface area (Å²) in [6.07, 6.45) is 0.362. The van der Waals surface area contributed by atoms with Gasteiger partial charge in [0.15, 0.2) is 0 Å². The Morgan fingerprint density at radius 2 is 2.15 bits per heavy atom. The Labute approximate surface area is 156 Å². The second kappa shape index (κ2) is 8.98. The molecule has 0 spiro atoms. The molecule has 0 bridgehead atoms. The minimum atomic E-state index is -0.184. The molecular weight excluding hydrogens is 360 g/mol. The van der Waals surface area contributed by atoms with Crippen LogP contribution in [0.5, 0.6) is 0 Å². The quantitative estimate of drug-likeness (QED) is 0.824. The number of amides is 2. The summed E-state index contributed by atoms with van der Waals surface area (Å²) in [6.45, 7) is 2.55. The molecular formula is C17H21ClN4O4. The van der Waals surface area contributed by atoms with Crippen LogP contribution in [0.2, 0.25) is 5.02 Å². The van der Waals surface area contributed by atoms with Gasteiger partial charge in [-0.2, -0.15) is 4.98 Å². The lowest BCUT2D eigenvalue weighted by atomic mass is 10.2. The van der Waals surface area contributed by atoms with E-state index >= 15 is 0 Å². The number of likely N-dealkylation sites (N-methyl/N-ethyl adjacent to an activating group) is 1. The third kappa shape index (κ3) is 5.17. The van der Waals surface area contributed by atoms with Crippen LogP contribution in [0.4, 0.5) is 4.79 Å². The van der Waals surface area contributed by atoms with E-state index in [0.717, 1.165) is 5.56 Å². The number of halogens is 1. The highest BCUT2D eigenvalue weighted by Gasteiger charge is 2.19. The summed E-state index contributed by atoms with van der Waals surface area (Å²) >= 11 is 5.87. The molecule has 2 aromatic rings. The smallest absolute Gasteiger partial charge is 0.317 e. The number of nitrogens with zero attached hydrogens (tertiary/aromatic N) is 3. The molecule has 26 heavy (non-hydrogen) atoms. The number of carbonyl (C=O) groups is 1. The van der Waals surface area contributed by atoms with Crippen molar-refractivity contribution in [3.63, 3.8) is 0 Å². The number of aromatic nitrogens is 2. The molecule has 2 amide bonds. The maximum atomic E-state index is 12.1. The molecule has 9 heteroatoms. The third-order valence-corrected chi connectivity index (χ3v) is 4.15. The van der Waals surface area contributed by atoms with Crippen molar-refractivity contribution in [3.05, 3.63) is 35.2 Å². The molecule has 1 aliphatic rings. The van der Waals surface area contributed by atoms with Crippen molar-refractivity contribution in [2.75, 3.05) is 40.0 Å². The number of urea groups is 1. The first-order chi connectivity index (χ1) is 12.6. The average Bonchev–Trinajstić information content (AvgIpc) is 3.12. The van der Waals surface area contributed by atoms with E-state index in [1.165, 1.54) is 0 Å². The van der Waals surface area contributed by atoms with Crippen LogP contribution in [-0.2, 0) is 15.9 Å². The summed E-state index contributed by atoms with van der Waals surface area (Å²) in [6, 6.07) is 7.00. The molecule has 1 N–H and O–H groups in total. The Kier molecular flexibility index (Phi) is 6.43. The van der Waals surface area contributed by atoms with Gasteiger partial charge < -0.3 is 24.2 Å². The molecule has 3 rings (SSSR count). The fourth-order valence-electron chi connectivity index (χ4n) is 2.51. The van der Waals surface area contributed by atoms with Gasteiger partial charge >= 0.3 is 6.03 Å². The average molecular weight is 381 g/mol. The summed E-state index contributed by atoms with van der Waals surface area (Å²) < 4.78 is 16.1. The molecule has 1 atom stereocenters. The van der Waals surface area contributed by atoms with E-state index in [2.05, 4.69) is 15.5 Å². The zero-order valence-electron chi connectivity index (χ0n) is 14.5. The number of nitrogens with one attached hydrogen (secondary N) is 1. The van der Waals surface area contributed by atoms with Crippen LogP contribution in [0.15, 0.2) is 28.8 Å². The summed E-state index contributed by atoms with van der Waals surface area (Å²) in [5, 5.41) is 7.41. The molecule has 1 saturated heterocycles. The molecule has 1 aliphatic heterocycles. The van der Waals surface area contributed by atoms with Crippen LogP contribution < -0.4 is 5.32 Å². The Hall–Kier alpha value is -2.16. The topological polar surface area (TPSA) is 89.7 Å².